The summed E-state index contributed by atoms with van der Waals surface area (Å²) in [4.78, 5) is 10.5. The minimum absolute atomic E-state index is 0.306. The number of hydrogen-bond donors (Lipinski definition) is 1. The van der Waals surface area contributed by atoms with Crippen molar-refractivity contribution in [2.45, 2.75) is 18.8 Å². The molecule has 3 heteroatoms. The molecule has 0 spiro atoms. The molecule has 0 bridgehead atoms. The summed E-state index contributed by atoms with van der Waals surface area (Å²) < 4.78 is 1.07. The minimum Gasteiger partial charge on any atom is -0.481 e. The molecule has 14 heavy (non-hydrogen) atoms. The van der Waals surface area contributed by atoms with Gasteiger partial charge in [0.1, 0.15) is 0 Å². The van der Waals surface area contributed by atoms with Crippen molar-refractivity contribution in [1.82, 2.24) is 0 Å². The number of aliphatic carboxylic acids is 1. The molecule has 1 aliphatic carbocycles. The molecule has 2 atom stereocenters. The van der Waals surface area contributed by atoms with Crippen molar-refractivity contribution in [2.75, 3.05) is 0 Å². The Labute approximate surface area is 91.1 Å². The Morgan fingerprint density at radius 2 is 2.07 bits per heavy atom. The molecule has 1 saturated carbocycles. The van der Waals surface area contributed by atoms with E-state index in [1.807, 2.05) is 12.1 Å². The summed E-state index contributed by atoms with van der Waals surface area (Å²) in [6.07, 6.45) is 1.33. The zero-order valence-electron chi connectivity index (χ0n) is 7.61. The first kappa shape index (κ1) is 9.71. The number of carboxylic acid groups (broad SMARTS) is 1. The molecule has 0 heterocycles. The third-order valence-electron chi connectivity index (χ3n) is 2.66. The summed E-state index contributed by atoms with van der Waals surface area (Å²) in [6, 6.07) is 8.14. The van der Waals surface area contributed by atoms with E-state index in [1.165, 1.54) is 5.56 Å². The molecule has 0 aromatic heterocycles. The number of carboxylic acids is 1. The van der Waals surface area contributed by atoms with Gasteiger partial charge in [-0.25, -0.2) is 0 Å². The van der Waals surface area contributed by atoms with Crippen LogP contribution in [0.1, 0.15) is 24.3 Å². The lowest BCUT2D eigenvalue weighted by Gasteiger charge is -1.98. The molecule has 2 nitrogen and oxygen atoms in total. The van der Waals surface area contributed by atoms with E-state index < -0.39 is 5.97 Å². The molecule has 2 rings (SSSR count). The second kappa shape index (κ2) is 3.73. The molecule has 0 amide bonds. The van der Waals surface area contributed by atoms with Crippen LogP contribution in [-0.2, 0) is 4.79 Å². The number of halogens is 1. The lowest BCUT2D eigenvalue weighted by molar-refractivity contribution is -0.137. The SMILES string of the molecule is O=C(O)C[C@@H]1C[C@H]1c1ccc(Br)cc1. The first-order valence-electron chi connectivity index (χ1n) is 4.64. The Bertz CT molecular complexity index is 345. The van der Waals surface area contributed by atoms with Gasteiger partial charge in [-0.3, -0.25) is 4.79 Å². The highest BCUT2D eigenvalue weighted by Gasteiger charge is 2.39. The fourth-order valence-electron chi connectivity index (χ4n) is 1.82. The summed E-state index contributed by atoms with van der Waals surface area (Å²) in [5.41, 5.74) is 1.26. The molecule has 1 N–H and O–H groups in total. The molecule has 74 valence electrons. The predicted octanol–water partition coefficient (Wildman–Crippen LogP) is 3.03. The van der Waals surface area contributed by atoms with Gasteiger partial charge < -0.3 is 5.11 Å². The third kappa shape index (κ3) is 2.15. The normalized spacial score (nSPS) is 24.6. The minimum atomic E-state index is -0.686. The number of carbonyl (C=O) groups is 1. The molecule has 0 saturated heterocycles. The topological polar surface area (TPSA) is 37.3 Å². The van der Waals surface area contributed by atoms with E-state index in [1.54, 1.807) is 0 Å². The Kier molecular flexibility index (Phi) is 2.59. The standard InChI is InChI=1S/C11H11BrO2/c12-9-3-1-7(2-4-9)10-5-8(10)6-11(13)14/h1-4,8,10H,5-6H2,(H,13,14)/t8-,10-/m0/s1. The second-order valence-electron chi connectivity index (χ2n) is 3.75. The third-order valence-corrected chi connectivity index (χ3v) is 3.19. The maximum absolute atomic E-state index is 10.5. The number of hydrogen-bond acceptors (Lipinski definition) is 1. The van der Waals surface area contributed by atoms with Crippen LogP contribution < -0.4 is 0 Å². The van der Waals surface area contributed by atoms with Crippen molar-refractivity contribution < 1.29 is 9.90 Å². The fourth-order valence-corrected chi connectivity index (χ4v) is 2.08. The second-order valence-corrected chi connectivity index (χ2v) is 4.67. The highest BCUT2D eigenvalue weighted by molar-refractivity contribution is 9.10. The quantitative estimate of drug-likeness (QED) is 0.901. The Hall–Kier alpha value is -0.830. The van der Waals surface area contributed by atoms with E-state index in [0.717, 1.165) is 10.9 Å². The zero-order valence-corrected chi connectivity index (χ0v) is 9.20. The van der Waals surface area contributed by atoms with Gasteiger partial charge in [0.15, 0.2) is 0 Å². The lowest BCUT2D eigenvalue weighted by Crippen LogP contribution is -1.96. The van der Waals surface area contributed by atoms with Crippen molar-refractivity contribution in [3.8, 4) is 0 Å². The van der Waals surface area contributed by atoms with Crippen LogP contribution in [0.15, 0.2) is 28.7 Å². The fraction of sp³-hybridized carbons (Fsp3) is 0.364. The van der Waals surface area contributed by atoms with E-state index in [0.29, 0.717) is 18.3 Å². The summed E-state index contributed by atoms with van der Waals surface area (Å²) >= 11 is 3.38. The number of rotatable bonds is 3. The first-order chi connectivity index (χ1) is 6.66. The van der Waals surface area contributed by atoms with Crippen molar-refractivity contribution in [3.63, 3.8) is 0 Å². The zero-order chi connectivity index (χ0) is 10.1. The van der Waals surface area contributed by atoms with E-state index in [4.69, 9.17) is 5.11 Å². The van der Waals surface area contributed by atoms with Crippen LogP contribution in [0.25, 0.3) is 0 Å². The van der Waals surface area contributed by atoms with Gasteiger partial charge in [-0.05, 0) is 36.0 Å². The smallest absolute Gasteiger partial charge is 0.303 e. The van der Waals surface area contributed by atoms with E-state index in [2.05, 4.69) is 28.1 Å². The average Bonchev–Trinajstić information content (AvgIpc) is 2.84. The Morgan fingerprint density at radius 3 is 2.64 bits per heavy atom. The molecule has 1 aliphatic rings. The highest BCUT2D eigenvalue weighted by atomic mass is 79.9. The van der Waals surface area contributed by atoms with Crippen LogP contribution in [0.4, 0.5) is 0 Å². The van der Waals surface area contributed by atoms with Crippen molar-refractivity contribution in [2.24, 2.45) is 5.92 Å². The van der Waals surface area contributed by atoms with E-state index >= 15 is 0 Å². The van der Waals surface area contributed by atoms with Crippen molar-refractivity contribution in [1.29, 1.82) is 0 Å². The van der Waals surface area contributed by atoms with Crippen LogP contribution in [0.3, 0.4) is 0 Å². The van der Waals surface area contributed by atoms with Crippen molar-refractivity contribution in [3.05, 3.63) is 34.3 Å². The first-order valence-corrected chi connectivity index (χ1v) is 5.43. The van der Waals surface area contributed by atoms with Crippen LogP contribution in [0, 0.1) is 5.92 Å². The summed E-state index contributed by atoms with van der Waals surface area (Å²) in [7, 11) is 0. The molecular weight excluding hydrogens is 244 g/mol. The molecule has 0 radical (unpaired) electrons. The van der Waals surface area contributed by atoms with Gasteiger partial charge in [0.05, 0.1) is 0 Å². The lowest BCUT2D eigenvalue weighted by atomic mass is 10.1. The summed E-state index contributed by atoms with van der Waals surface area (Å²) in [5, 5.41) is 8.63. The van der Waals surface area contributed by atoms with Gasteiger partial charge in [0.25, 0.3) is 0 Å². The summed E-state index contributed by atoms with van der Waals surface area (Å²) in [6.45, 7) is 0. The van der Waals surface area contributed by atoms with Crippen LogP contribution in [-0.4, -0.2) is 11.1 Å². The molecule has 1 fully saturated rings. The Morgan fingerprint density at radius 1 is 1.43 bits per heavy atom. The van der Waals surface area contributed by atoms with Gasteiger partial charge in [0, 0.05) is 10.9 Å². The predicted molar refractivity (Wildman–Crippen MR) is 57.2 cm³/mol. The van der Waals surface area contributed by atoms with Gasteiger partial charge >= 0.3 is 5.97 Å². The van der Waals surface area contributed by atoms with Crippen molar-refractivity contribution >= 4 is 21.9 Å². The molecular formula is C11H11BrO2. The van der Waals surface area contributed by atoms with E-state index in [-0.39, 0.29) is 0 Å². The van der Waals surface area contributed by atoms with Crippen LogP contribution in [0.5, 0.6) is 0 Å². The highest BCUT2D eigenvalue weighted by Crippen LogP contribution is 2.49. The van der Waals surface area contributed by atoms with Gasteiger partial charge in [-0.2, -0.15) is 0 Å². The van der Waals surface area contributed by atoms with Crippen LogP contribution >= 0.6 is 15.9 Å². The average molecular weight is 255 g/mol. The number of benzene rings is 1. The molecule has 0 aliphatic heterocycles. The molecule has 1 aromatic rings. The maximum Gasteiger partial charge on any atom is 0.303 e. The maximum atomic E-state index is 10.5. The monoisotopic (exact) mass is 254 g/mol. The molecule has 0 unspecified atom stereocenters. The van der Waals surface area contributed by atoms with Gasteiger partial charge in [-0.15, -0.1) is 0 Å². The molecule has 1 aromatic carbocycles. The van der Waals surface area contributed by atoms with Gasteiger partial charge in [-0.1, -0.05) is 28.1 Å². The largest absolute Gasteiger partial charge is 0.481 e. The Balaban J connectivity index is 1.99. The van der Waals surface area contributed by atoms with E-state index in [9.17, 15) is 4.79 Å². The van der Waals surface area contributed by atoms with Gasteiger partial charge in [0.2, 0.25) is 0 Å². The summed E-state index contributed by atoms with van der Waals surface area (Å²) in [5.74, 6) is 0.141. The van der Waals surface area contributed by atoms with Crippen LogP contribution in [0.2, 0.25) is 0 Å².